The molecule has 2 amide bonds. The van der Waals surface area contributed by atoms with Gasteiger partial charge in [-0.2, -0.15) is 0 Å². The monoisotopic (exact) mass is 557 g/mol. The van der Waals surface area contributed by atoms with Gasteiger partial charge in [-0.15, -0.1) is 0 Å². The average Bonchev–Trinajstić information content (AvgIpc) is 3.13. The van der Waals surface area contributed by atoms with Crippen LogP contribution in [-0.2, 0) is 44.1 Å². The Morgan fingerprint density at radius 2 is 1.38 bits per heavy atom. The van der Waals surface area contributed by atoms with Crippen molar-refractivity contribution in [3.8, 4) is 0 Å². The van der Waals surface area contributed by atoms with E-state index in [0.29, 0.717) is 4.90 Å². The number of fused-ring (bicyclic) bond motifs is 1. The molecule has 1 fully saturated rings. The van der Waals surface area contributed by atoms with Gasteiger partial charge in [-0.3, -0.25) is 33.1 Å². The molecular weight excluding hydrogens is 530 g/mol. The van der Waals surface area contributed by atoms with Gasteiger partial charge < -0.3 is 18.9 Å². The Kier molecular flexibility index (Phi) is 8.26. The van der Waals surface area contributed by atoms with Gasteiger partial charge in [0, 0.05) is 25.7 Å². The molecule has 0 spiro atoms. The van der Waals surface area contributed by atoms with E-state index in [1.54, 1.807) is 36.4 Å². The third kappa shape index (κ3) is 5.76. The van der Waals surface area contributed by atoms with E-state index in [1.807, 2.05) is 6.92 Å². The van der Waals surface area contributed by atoms with Gasteiger partial charge in [0.05, 0.1) is 21.9 Å². The molecule has 206 valence electrons. The lowest BCUT2D eigenvalue weighted by Crippen LogP contribution is -2.67. The van der Waals surface area contributed by atoms with E-state index in [-0.39, 0.29) is 11.1 Å². The number of rotatable bonds is 7. The van der Waals surface area contributed by atoms with Crippen LogP contribution in [0.3, 0.4) is 0 Å². The smallest absolute Gasteiger partial charge is 0.303 e. The molecule has 0 saturated carbocycles. The molecule has 6 atom stereocenters. The maximum absolute atomic E-state index is 14.0. The average molecular weight is 558 g/mol. The summed E-state index contributed by atoms with van der Waals surface area (Å²) in [7, 11) is -2.04. The summed E-state index contributed by atoms with van der Waals surface area (Å²) >= 11 is 0. The van der Waals surface area contributed by atoms with E-state index in [4.69, 9.17) is 18.9 Å². The van der Waals surface area contributed by atoms with Crippen LogP contribution in [-0.4, -0.2) is 75.2 Å². The lowest BCUT2D eigenvalue weighted by atomic mass is 9.96. The maximum Gasteiger partial charge on any atom is 0.303 e. The predicted molar refractivity (Wildman–Crippen MR) is 135 cm³/mol. The van der Waals surface area contributed by atoms with Gasteiger partial charge in [-0.05, 0) is 31.2 Å². The Hall–Kier alpha value is -3.90. The van der Waals surface area contributed by atoms with Crippen molar-refractivity contribution in [2.75, 3.05) is 6.61 Å². The molecule has 2 aliphatic rings. The van der Waals surface area contributed by atoms with Crippen molar-refractivity contribution >= 4 is 40.5 Å². The van der Waals surface area contributed by atoms with E-state index < -0.39 is 76.9 Å². The third-order valence-corrected chi connectivity index (χ3v) is 7.81. The van der Waals surface area contributed by atoms with Gasteiger partial charge >= 0.3 is 17.9 Å². The van der Waals surface area contributed by atoms with Gasteiger partial charge in [0.15, 0.2) is 17.6 Å². The fourth-order valence-corrected chi connectivity index (χ4v) is 6.06. The van der Waals surface area contributed by atoms with Gasteiger partial charge in [-0.25, -0.2) is 0 Å². The minimum Gasteiger partial charge on any atom is -0.463 e. The zero-order chi connectivity index (χ0) is 28.4. The first-order chi connectivity index (χ1) is 18.5. The molecule has 2 aromatic rings. The molecular formula is C27H27NO10S. The van der Waals surface area contributed by atoms with E-state index in [9.17, 15) is 28.2 Å². The highest BCUT2D eigenvalue weighted by Crippen LogP contribution is 2.37. The van der Waals surface area contributed by atoms with Crippen molar-refractivity contribution in [2.45, 2.75) is 62.4 Å². The van der Waals surface area contributed by atoms with Crippen molar-refractivity contribution in [2.24, 2.45) is 0 Å². The van der Waals surface area contributed by atoms with Crippen LogP contribution in [0.4, 0.5) is 0 Å². The lowest BCUT2D eigenvalue weighted by molar-refractivity contribution is -0.217. The third-order valence-electron chi connectivity index (χ3n) is 6.26. The number of ether oxygens (including phenoxy) is 4. The van der Waals surface area contributed by atoms with Crippen molar-refractivity contribution in [1.82, 2.24) is 4.90 Å². The Morgan fingerprint density at radius 3 is 1.90 bits per heavy atom. The van der Waals surface area contributed by atoms with Crippen molar-refractivity contribution in [3.05, 3.63) is 65.2 Å². The number of amides is 2. The van der Waals surface area contributed by atoms with E-state index in [1.165, 1.54) is 12.1 Å². The van der Waals surface area contributed by atoms with Crippen LogP contribution in [0, 0.1) is 6.92 Å². The molecule has 11 nitrogen and oxygen atoms in total. The molecule has 4 rings (SSSR count). The molecule has 12 heteroatoms. The van der Waals surface area contributed by atoms with E-state index in [2.05, 4.69) is 0 Å². The SMILES string of the molecule is CC(=O)OC[C@H]1O[C@@H](S(=O)c2ccc(C)cc2)[C@H](N2C(=O)c3ccccc3C2=O)[C@@H](OC(C)=O)[C@@H]1OC(C)=O. The summed E-state index contributed by atoms with van der Waals surface area (Å²) in [6.45, 7) is 4.78. The number of hydrogen-bond acceptors (Lipinski definition) is 10. The van der Waals surface area contributed by atoms with Crippen molar-refractivity contribution in [1.29, 1.82) is 0 Å². The van der Waals surface area contributed by atoms with Gasteiger partial charge in [0.2, 0.25) is 0 Å². The molecule has 39 heavy (non-hydrogen) atoms. The summed E-state index contributed by atoms with van der Waals surface area (Å²) < 4.78 is 36.3. The number of nitrogens with zero attached hydrogens (tertiary/aromatic N) is 1. The van der Waals surface area contributed by atoms with Crippen LogP contribution < -0.4 is 0 Å². The highest BCUT2D eigenvalue weighted by atomic mass is 32.2. The van der Waals surface area contributed by atoms with E-state index >= 15 is 0 Å². The summed E-state index contributed by atoms with van der Waals surface area (Å²) in [4.78, 5) is 64.2. The molecule has 2 heterocycles. The first-order valence-electron chi connectivity index (χ1n) is 12.1. The van der Waals surface area contributed by atoms with Crippen LogP contribution >= 0.6 is 0 Å². The Labute approximate surface area is 226 Å². The van der Waals surface area contributed by atoms with Crippen LogP contribution in [0.1, 0.15) is 47.1 Å². The van der Waals surface area contributed by atoms with Crippen molar-refractivity contribution in [3.63, 3.8) is 0 Å². The fraction of sp³-hybridized carbons (Fsp3) is 0.370. The maximum atomic E-state index is 14.0. The molecule has 2 aliphatic heterocycles. The molecule has 0 radical (unpaired) electrons. The predicted octanol–water partition coefficient (Wildman–Crippen LogP) is 1.92. The zero-order valence-corrected chi connectivity index (χ0v) is 22.5. The summed E-state index contributed by atoms with van der Waals surface area (Å²) in [5.74, 6) is -3.69. The Balaban J connectivity index is 1.87. The number of benzene rings is 2. The highest BCUT2D eigenvalue weighted by Gasteiger charge is 2.58. The second-order valence-corrected chi connectivity index (χ2v) is 10.7. The molecule has 1 saturated heterocycles. The largest absolute Gasteiger partial charge is 0.463 e. The van der Waals surface area contributed by atoms with E-state index in [0.717, 1.165) is 31.2 Å². The summed E-state index contributed by atoms with van der Waals surface area (Å²) in [6, 6.07) is 11.3. The second-order valence-electron chi connectivity index (χ2n) is 9.12. The van der Waals surface area contributed by atoms with Gasteiger partial charge in [0.1, 0.15) is 18.8 Å². The molecule has 1 unspecified atom stereocenters. The Bertz CT molecular complexity index is 1310. The standard InChI is InChI=1S/C27H27NO10S/c1-14-9-11-18(12-10-14)39(34)27-22(28-25(32)19-7-5-6-8-20(19)26(28)33)24(37-17(4)31)23(36-16(3)30)21(38-27)13-35-15(2)29/h5-12,21-24,27H,13H2,1-4H3/t21-,22-,23-,24-,27+,39?/m1/s1. The fourth-order valence-electron chi connectivity index (χ4n) is 4.62. The molecule has 2 aromatic carbocycles. The minimum absolute atomic E-state index is 0.106. The molecule has 0 aliphatic carbocycles. The minimum atomic E-state index is -2.04. The number of esters is 3. The quantitative estimate of drug-likeness (QED) is 0.281. The number of aryl methyl sites for hydroxylation is 1. The molecule has 0 bridgehead atoms. The van der Waals surface area contributed by atoms with Crippen LogP contribution in [0.25, 0.3) is 0 Å². The summed E-state index contributed by atoms with van der Waals surface area (Å²) in [5.41, 5.74) is -0.339. The first kappa shape index (κ1) is 28.1. The van der Waals surface area contributed by atoms with Crippen LogP contribution in [0.15, 0.2) is 53.4 Å². The first-order valence-corrected chi connectivity index (χ1v) is 13.3. The second kappa shape index (κ2) is 11.5. The Morgan fingerprint density at radius 1 is 0.846 bits per heavy atom. The topological polar surface area (TPSA) is 143 Å². The molecule has 0 N–H and O–H groups in total. The zero-order valence-electron chi connectivity index (χ0n) is 21.7. The van der Waals surface area contributed by atoms with Crippen LogP contribution in [0.2, 0.25) is 0 Å². The van der Waals surface area contributed by atoms with Crippen molar-refractivity contribution < 1.29 is 47.1 Å². The number of carbonyl (C=O) groups excluding carboxylic acids is 5. The number of carbonyl (C=O) groups is 5. The summed E-state index contributed by atoms with van der Waals surface area (Å²) in [6.07, 6.45) is -4.15. The van der Waals surface area contributed by atoms with Crippen LogP contribution in [0.5, 0.6) is 0 Å². The summed E-state index contributed by atoms with van der Waals surface area (Å²) in [5, 5.41) is 0. The number of imide groups is 1. The highest BCUT2D eigenvalue weighted by molar-refractivity contribution is 7.85. The molecule has 0 aromatic heterocycles. The lowest BCUT2D eigenvalue weighted by Gasteiger charge is -2.47. The van der Waals surface area contributed by atoms with Gasteiger partial charge in [0.25, 0.3) is 11.8 Å². The normalized spacial score (nSPS) is 25.0. The van der Waals surface area contributed by atoms with Gasteiger partial charge in [-0.1, -0.05) is 29.8 Å². The number of hydrogen-bond donors (Lipinski definition) is 0.